The van der Waals surface area contributed by atoms with Crippen molar-refractivity contribution in [1.82, 2.24) is 0 Å². The minimum atomic E-state index is 0.553. The van der Waals surface area contributed by atoms with E-state index in [9.17, 15) is 0 Å². The highest BCUT2D eigenvalue weighted by molar-refractivity contribution is 5.53. The number of rotatable bonds is 4. The van der Waals surface area contributed by atoms with Crippen molar-refractivity contribution in [2.45, 2.75) is 20.0 Å². The molecular weight excluding hydrogens is 212 g/mol. The zero-order chi connectivity index (χ0) is 12.3. The van der Waals surface area contributed by atoms with Crippen molar-refractivity contribution in [3.05, 3.63) is 53.5 Å². The summed E-state index contributed by atoms with van der Waals surface area (Å²) in [4.78, 5) is 2.15. The summed E-state index contributed by atoms with van der Waals surface area (Å²) < 4.78 is 5.58. The lowest BCUT2D eigenvalue weighted by Gasteiger charge is -2.20. The highest BCUT2D eigenvalue weighted by Crippen LogP contribution is 2.21. The van der Waals surface area contributed by atoms with E-state index in [4.69, 9.17) is 10.2 Å². The molecule has 0 spiro atoms. The van der Waals surface area contributed by atoms with Gasteiger partial charge in [0.1, 0.15) is 11.5 Å². The van der Waals surface area contributed by atoms with Crippen LogP contribution >= 0.6 is 0 Å². The predicted octanol–water partition coefficient (Wildman–Crippen LogP) is 2.68. The average molecular weight is 230 g/mol. The topological polar surface area (TPSA) is 42.4 Å². The van der Waals surface area contributed by atoms with Crippen LogP contribution in [0.25, 0.3) is 0 Å². The molecule has 1 aromatic heterocycles. The van der Waals surface area contributed by atoms with Crippen LogP contribution in [0, 0.1) is 6.92 Å². The standard InChI is InChI=1S/C14H18N2O/c1-11-7-8-13(17-11)10-16(2)14-6-4-3-5-12(14)9-15/h3-8H,9-10,15H2,1-2H3. The van der Waals surface area contributed by atoms with Crippen LogP contribution in [0.1, 0.15) is 17.1 Å². The largest absolute Gasteiger partial charge is 0.464 e. The van der Waals surface area contributed by atoms with Crippen molar-refractivity contribution in [1.29, 1.82) is 0 Å². The number of para-hydroxylation sites is 1. The van der Waals surface area contributed by atoms with Gasteiger partial charge in [0.2, 0.25) is 0 Å². The minimum Gasteiger partial charge on any atom is -0.464 e. The van der Waals surface area contributed by atoms with Gasteiger partial charge < -0.3 is 15.1 Å². The maximum absolute atomic E-state index is 5.74. The van der Waals surface area contributed by atoms with Crippen LogP contribution in [0.4, 0.5) is 5.69 Å². The molecule has 2 aromatic rings. The molecule has 0 fully saturated rings. The van der Waals surface area contributed by atoms with Gasteiger partial charge in [-0.15, -0.1) is 0 Å². The molecule has 1 heterocycles. The summed E-state index contributed by atoms with van der Waals surface area (Å²) in [6.07, 6.45) is 0. The maximum atomic E-state index is 5.74. The number of hydrogen-bond donors (Lipinski definition) is 1. The first-order valence-electron chi connectivity index (χ1n) is 5.75. The van der Waals surface area contributed by atoms with Gasteiger partial charge in [-0.25, -0.2) is 0 Å². The predicted molar refractivity (Wildman–Crippen MR) is 69.9 cm³/mol. The summed E-state index contributed by atoms with van der Waals surface area (Å²) in [6, 6.07) is 12.2. The molecule has 2 rings (SSSR count). The second kappa shape index (κ2) is 5.06. The van der Waals surface area contributed by atoms with Crippen LogP contribution in [-0.2, 0) is 13.1 Å². The fourth-order valence-electron chi connectivity index (χ4n) is 1.94. The van der Waals surface area contributed by atoms with E-state index >= 15 is 0 Å². The number of anilines is 1. The molecular formula is C14H18N2O. The van der Waals surface area contributed by atoms with Crippen LogP contribution in [0.5, 0.6) is 0 Å². The third-order valence-electron chi connectivity index (χ3n) is 2.81. The van der Waals surface area contributed by atoms with Gasteiger partial charge in [0, 0.05) is 19.3 Å². The lowest BCUT2D eigenvalue weighted by Crippen LogP contribution is -2.18. The maximum Gasteiger partial charge on any atom is 0.123 e. The molecule has 0 saturated carbocycles. The highest BCUT2D eigenvalue weighted by Gasteiger charge is 2.08. The molecule has 0 unspecified atom stereocenters. The van der Waals surface area contributed by atoms with Crippen molar-refractivity contribution >= 4 is 5.69 Å². The Kier molecular flexibility index (Phi) is 3.49. The molecule has 0 aliphatic rings. The monoisotopic (exact) mass is 230 g/mol. The lowest BCUT2D eigenvalue weighted by molar-refractivity contribution is 0.481. The van der Waals surface area contributed by atoms with Crippen molar-refractivity contribution in [2.75, 3.05) is 11.9 Å². The van der Waals surface area contributed by atoms with Crippen LogP contribution in [0.3, 0.4) is 0 Å². The number of hydrogen-bond acceptors (Lipinski definition) is 3. The molecule has 0 atom stereocenters. The van der Waals surface area contributed by atoms with Gasteiger partial charge in [-0.05, 0) is 30.7 Å². The Bertz CT molecular complexity index is 490. The Labute approximate surface area is 102 Å². The first-order chi connectivity index (χ1) is 8.20. The molecule has 3 nitrogen and oxygen atoms in total. The van der Waals surface area contributed by atoms with Crippen LogP contribution in [0.15, 0.2) is 40.8 Å². The number of nitrogens with two attached hydrogens (primary N) is 1. The van der Waals surface area contributed by atoms with Crippen molar-refractivity contribution in [2.24, 2.45) is 5.73 Å². The first-order valence-corrected chi connectivity index (χ1v) is 5.75. The number of furan rings is 1. The first kappa shape index (κ1) is 11.7. The molecule has 0 bridgehead atoms. The van der Waals surface area contributed by atoms with E-state index in [0.29, 0.717) is 6.54 Å². The molecule has 0 amide bonds. The van der Waals surface area contributed by atoms with Gasteiger partial charge in [0.15, 0.2) is 0 Å². The summed E-state index contributed by atoms with van der Waals surface area (Å²) >= 11 is 0. The summed E-state index contributed by atoms with van der Waals surface area (Å²) in [5.74, 6) is 1.91. The Morgan fingerprint density at radius 2 is 1.94 bits per heavy atom. The second-order valence-corrected chi connectivity index (χ2v) is 4.20. The molecule has 0 radical (unpaired) electrons. The third kappa shape index (κ3) is 2.68. The molecule has 0 saturated heterocycles. The SMILES string of the molecule is Cc1ccc(CN(C)c2ccccc2CN)o1. The highest BCUT2D eigenvalue weighted by atomic mass is 16.3. The molecule has 0 aliphatic heterocycles. The smallest absolute Gasteiger partial charge is 0.123 e. The van der Waals surface area contributed by atoms with Gasteiger partial charge in [-0.3, -0.25) is 0 Å². The van der Waals surface area contributed by atoms with E-state index in [0.717, 1.165) is 29.3 Å². The van der Waals surface area contributed by atoms with E-state index in [-0.39, 0.29) is 0 Å². The van der Waals surface area contributed by atoms with E-state index in [1.54, 1.807) is 0 Å². The van der Waals surface area contributed by atoms with Crippen molar-refractivity contribution < 1.29 is 4.42 Å². The number of aryl methyl sites for hydroxylation is 1. The van der Waals surface area contributed by atoms with E-state index in [1.165, 1.54) is 0 Å². The average Bonchev–Trinajstić information content (AvgIpc) is 2.74. The van der Waals surface area contributed by atoms with E-state index in [2.05, 4.69) is 17.0 Å². The normalized spacial score (nSPS) is 10.5. The minimum absolute atomic E-state index is 0.553. The molecule has 90 valence electrons. The summed E-state index contributed by atoms with van der Waals surface area (Å²) in [5, 5.41) is 0. The fraction of sp³-hybridized carbons (Fsp3) is 0.286. The third-order valence-corrected chi connectivity index (χ3v) is 2.81. The summed E-state index contributed by atoms with van der Waals surface area (Å²) in [7, 11) is 2.05. The van der Waals surface area contributed by atoms with E-state index < -0.39 is 0 Å². The Morgan fingerprint density at radius 1 is 1.18 bits per heavy atom. The molecule has 17 heavy (non-hydrogen) atoms. The van der Waals surface area contributed by atoms with E-state index in [1.807, 2.05) is 38.2 Å². The van der Waals surface area contributed by atoms with Gasteiger partial charge in [0.05, 0.1) is 6.54 Å². The number of nitrogens with zero attached hydrogens (tertiary/aromatic N) is 1. The van der Waals surface area contributed by atoms with Gasteiger partial charge in [-0.1, -0.05) is 18.2 Å². The summed E-state index contributed by atoms with van der Waals surface area (Å²) in [6.45, 7) is 3.26. The zero-order valence-electron chi connectivity index (χ0n) is 10.3. The quantitative estimate of drug-likeness (QED) is 0.878. The van der Waals surface area contributed by atoms with Crippen LogP contribution < -0.4 is 10.6 Å². The number of benzene rings is 1. The fourth-order valence-corrected chi connectivity index (χ4v) is 1.94. The van der Waals surface area contributed by atoms with Gasteiger partial charge in [0.25, 0.3) is 0 Å². The van der Waals surface area contributed by atoms with Gasteiger partial charge >= 0.3 is 0 Å². The Hall–Kier alpha value is -1.74. The summed E-state index contributed by atoms with van der Waals surface area (Å²) in [5.41, 5.74) is 8.04. The van der Waals surface area contributed by atoms with Crippen molar-refractivity contribution in [3.63, 3.8) is 0 Å². The van der Waals surface area contributed by atoms with Gasteiger partial charge in [-0.2, -0.15) is 0 Å². The zero-order valence-corrected chi connectivity index (χ0v) is 10.3. The second-order valence-electron chi connectivity index (χ2n) is 4.20. The van der Waals surface area contributed by atoms with Crippen molar-refractivity contribution in [3.8, 4) is 0 Å². The van der Waals surface area contributed by atoms with Crippen LogP contribution in [0.2, 0.25) is 0 Å². The molecule has 2 N–H and O–H groups in total. The molecule has 0 aliphatic carbocycles. The molecule has 1 aromatic carbocycles. The Balaban J connectivity index is 2.16. The molecule has 3 heteroatoms. The Morgan fingerprint density at radius 3 is 2.59 bits per heavy atom. The lowest BCUT2D eigenvalue weighted by atomic mass is 10.1. The van der Waals surface area contributed by atoms with Crippen LogP contribution in [-0.4, -0.2) is 7.05 Å².